The maximum absolute atomic E-state index is 12.5. The minimum absolute atomic E-state index is 0.0799. The molecule has 3 rings (SSSR count). The van der Waals surface area contributed by atoms with Crippen molar-refractivity contribution >= 4 is 5.91 Å². The van der Waals surface area contributed by atoms with Crippen molar-refractivity contribution in [2.24, 2.45) is 7.05 Å². The summed E-state index contributed by atoms with van der Waals surface area (Å²) >= 11 is 0. The fourth-order valence-corrected chi connectivity index (χ4v) is 3.08. The highest BCUT2D eigenvalue weighted by molar-refractivity contribution is 5.95. The van der Waals surface area contributed by atoms with E-state index >= 15 is 0 Å². The zero-order valence-corrected chi connectivity index (χ0v) is 13.8. The molecular weight excluding hydrogens is 294 g/mol. The molecule has 0 bridgehead atoms. The lowest BCUT2D eigenvalue weighted by Gasteiger charge is -2.21. The van der Waals surface area contributed by atoms with Crippen LogP contribution in [0.3, 0.4) is 0 Å². The highest BCUT2D eigenvalue weighted by atomic mass is 16.5. The third kappa shape index (κ3) is 2.84. The summed E-state index contributed by atoms with van der Waals surface area (Å²) in [5.41, 5.74) is 4.24. The van der Waals surface area contributed by atoms with Crippen LogP contribution in [-0.2, 0) is 11.8 Å². The van der Waals surface area contributed by atoms with E-state index in [2.05, 4.69) is 20.4 Å². The first kappa shape index (κ1) is 15.6. The van der Waals surface area contributed by atoms with E-state index in [0.29, 0.717) is 17.9 Å². The highest BCUT2D eigenvalue weighted by Gasteiger charge is 2.34. The van der Waals surface area contributed by atoms with Crippen LogP contribution in [0.5, 0.6) is 0 Å². The summed E-state index contributed by atoms with van der Waals surface area (Å²) in [6.45, 7) is 6.41. The van der Waals surface area contributed by atoms with Gasteiger partial charge in [-0.3, -0.25) is 9.48 Å². The van der Waals surface area contributed by atoms with Crippen molar-refractivity contribution in [2.45, 2.75) is 39.3 Å². The molecule has 1 amide bonds. The van der Waals surface area contributed by atoms with Crippen LogP contribution in [-0.4, -0.2) is 38.3 Å². The molecule has 0 saturated carbocycles. The van der Waals surface area contributed by atoms with Crippen LogP contribution >= 0.6 is 0 Å². The average Bonchev–Trinajstić information content (AvgIpc) is 3.04. The fourth-order valence-electron chi connectivity index (χ4n) is 3.08. The number of rotatable bonds is 3. The summed E-state index contributed by atoms with van der Waals surface area (Å²) < 4.78 is 7.74. The molecule has 1 fully saturated rings. The van der Waals surface area contributed by atoms with Crippen molar-refractivity contribution in [3.8, 4) is 0 Å². The zero-order valence-electron chi connectivity index (χ0n) is 13.8. The van der Waals surface area contributed by atoms with Crippen LogP contribution in [0.1, 0.15) is 45.5 Å². The summed E-state index contributed by atoms with van der Waals surface area (Å²) in [6.07, 6.45) is 3.59. The Morgan fingerprint density at radius 3 is 2.78 bits per heavy atom. The van der Waals surface area contributed by atoms with Crippen molar-refractivity contribution < 1.29 is 9.53 Å². The monoisotopic (exact) mass is 315 g/mol. The number of aryl methyl sites for hydroxylation is 3. The van der Waals surface area contributed by atoms with Gasteiger partial charge in [0.05, 0.1) is 23.0 Å². The topological polar surface area (TPSA) is 81.9 Å². The second-order valence-electron chi connectivity index (χ2n) is 5.89. The van der Waals surface area contributed by atoms with Gasteiger partial charge in [0.25, 0.3) is 5.91 Å². The summed E-state index contributed by atoms with van der Waals surface area (Å²) in [5.74, 6) is -0.164. The van der Waals surface area contributed by atoms with Gasteiger partial charge in [-0.2, -0.15) is 5.10 Å². The molecule has 2 atom stereocenters. The lowest BCUT2D eigenvalue weighted by atomic mass is 10.00. The lowest BCUT2D eigenvalue weighted by molar-refractivity contribution is 0.0816. The van der Waals surface area contributed by atoms with E-state index < -0.39 is 0 Å². The molecule has 7 nitrogen and oxygen atoms in total. The number of carbonyl (C=O) groups is 1. The van der Waals surface area contributed by atoms with Gasteiger partial charge in [0.1, 0.15) is 12.4 Å². The minimum atomic E-state index is -0.169. The fraction of sp³-hybridized carbons (Fsp3) is 0.500. The Morgan fingerprint density at radius 1 is 1.35 bits per heavy atom. The third-order valence-electron chi connectivity index (χ3n) is 4.41. The average molecular weight is 315 g/mol. The van der Waals surface area contributed by atoms with E-state index in [4.69, 9.17) is 4.74 Å². The van der Waals surface area contributed by atoms with E-state index in [-0.39, 0.29) is 18.1 Å². The summed E-state index contributed by atoms with van der Waals surface area (Å²) in [4.78, 5) is 20.5. The quantitative estimate of drug-likeness (QED) is 0.925. The molecule has 122 valence electrons. The van der Waals surface area contributed by atoms with Gasteiger partial charge in [0.15, 0.2) is 0 Å². The molecule has 0 unspecified atom stereocenters. The largest absolute Gasteiger partial charge is 0.371 e. The molecular formula is C16H21N5O2. The van der Waals surface area contributed by atoms with Crippen molar-refractivity contribution in [1.29, 1.82) is 0 Å². The predicted molar refractivity (Wildman–Crippen MR) is 84.0 cm³/mol. The summed E-state index contributed by atoms with van der Waals surface area (Å²) in [7, 11) is 1.92. The molecule has 23 heavy (non-hydrogen) atoms. The maximum Gasteiger partial charge on any atom is 0.255 e. The number of amides is 1. The lowest BCUT2D eigenvalue weighted by Crippen LogP contribution is -2.37. The number of hydrogen-bond donors (Lipinski definition) is 1. The van der Waals surface area contributed by atoms with Crippen LogP contribution < -0.4 is 5.32 Å². The number of nitrogens with zero attached hydrogens (tertiary/aromatic N) is 4. The standard InChI is InChI=1S/C16H21N5O2/c1-9-12(7-17-8-18-9)16(22)19-13-5-6-23-15(13)14-10(2)20-21(4)11(14)3/h7-8,13,15H,5-6H2,1-4H3,(H,19,22)/t13-,15-/m0/s1. The first-order chi connectivity index (χ1) is 11.0. The Labute approximate surface area is 135 Å². The van der Waals surface area contributed by atoms with E-state index in [1.807, 2.05) is 25.6 Å². The van der Waals surface area contributed by atoms with E-state index in [1.165, 1.54) is 6.33 Å². The van der Waals surface area contributed by atoms with E-state index in [1.54, 1.807) is 13.1 Å². The third-order valence-corrected chi connectivity index (χ3v) is 4.41. The molecule has 2 aromatic heterocycles. The van der Waals surface area contributed by atoms with Gasteiger partial charge >= 0.3 is 0 Å². The van der Waals surface area contributed by atoms with Crippen LogP contribution in [0.4, 0.5) is 0 Å². The van der Waals surface area contributed by atoms with Gasteiger partial charge in [-0.05, 0) is 27.2 Å². The SMILES string of the molecule is Cc1ncncc1C(=O)N[C@H]1CCO[C@@H]1c1c(C)nn(C)c1C. The van der Waals surface area contributed by atoms with E-state index in [0.717, 1.165) is 23.4 Å². The first-order valence-corrected chi connectivity index (χ1v) is 7.68. The Kier molecular flexibility index (Phi) is 4.12. The molecule has 7 heteroatoms. The maximum atomic E-state index is 12.5. The van der Waals surface area contributed by atoms with Crippen molar-refractivity contribution in [3.63, 3.8) is 0 Å². The predicted octanol–water partition coefficient (Wildman–Crippen LogP) is 1.40. The Morgan fingerprint density at radius 2 is 2.13 bits per heavy atom. The van der Waals surface area contributed by atoms with Gasteiger partial charge < -0.3 is 10.1 Å². The molecule has 1 aliphatic rings. The number of aromatic nitrogens is 4. The Hall–Kier alpha value is -2.28. The molecule has 0 radical (unpaired) electrons. The number of ether oxygens (including phenoxy) is 1. The van der Waals surface area contributed by atoms with Crippen LogP contribution in [0.15, 0.2) is 12.5 Å². The summed E-state index contributed by atoms with van der Waals surface area (Å²) in [6, 6.07) is -0.0799. The summed E-state index contributed by atoms with van der Waals surface area (Å²) in [5, 5.41) is 7.51. The highest BCUT2D eigenvalue weighted by Crippen LogP contribution is 2.33. The van der Waals surface area contributed by atoms with Crippen LogP contribution in [0, 0.1) is 20.8 Å². The molecule has 0 aliphatic carbocycles. The molecule has 0 spiro atoms. The second-order valence-corrected chi connectivity index (χ2v) is 5.89. The van der Waals surface area contributed by atoms with Gasteiger partial charge in [-0.1, -0.05) is 0 Å². The smallest absolute Gasteiger partial charge is 0.255 e. The second kappa shape index (κ2) is 6.08. The molecule has 0 aromatic carbocycles. The van der Waals surface area contributed by atoms with Crippen molar-refractivity contribution in [3.05, 3.63) is 40.7 Å². The first-order valence-electron chi connectivity index (χ1n) is 7.68. The molecule has 1 saturated heterocycles. The molecule has 3 heterocycles. The molecule has 2 aromatic rings. The van der Waals surface area contributed by atoms with Crippen molar-refractivity contribution in [2.75, 3.05) is 6.61 Å². The van der Waals surface area contributed by atoms with Gasteiger partial charge in [0.2, 0.25) is 0 Å². The van der Waals surface area contributed by atoms with E-state index in [9.17, 15) is 4.79 Å². The number of hydrogen-bond acceptors (Lipinski definition) is 5. The van der Waals surface area contributed by atoms with Crippen LogP contribution in [0.25, 0.3) is 0 Å². The Bertz CT molecular complexity index is 740. The van der Waals surface area contributed by atoms with Gasteiger partial charge in [0, 0.05) is 31.1 Å². The van der Waals surface area contributed by atoms with Gasteiger partial charge in [-0.15, -0.1) is 0 Å². The number of nitrogens with one attached hydrogen (secondary N) is 1. The molecule has 1 aliphatic heterocycles. The van der Waals surface area contributed by atoms with Crippen molar-refractivity contribution in [1.82, 2.24) is 25.1 Å². The molecule has 1 N–H and O–H groups in total. The van der Waals surface area contributed by atoms with Crippen LogP contribution in [0.2, 0.25) is 0 Å². The minimum Gasteiger partial charge on any atom is -0.371 e. The normalized spacial score (nSPS) is 20.7. The number of carbonyl (C=O) groups excluding carboxylic acids is 1. The Balaban J connectivity index is 1.83. The van der Waals surface area contributed by atoms with Gasteiger partial charge in [-0.25, -0.2) is 9.97 Å². The zero-order chi connectivity index (χ0) is 16.6.